The highest BCUT2D eigenvalue weighted by atomic mass is 19.1. The summed E-state index contributed by atoms with van der Waals surface area (Å²) in [6, 6.07) is 16.7. The lowest BCUT2D eigenvalue weighted by molar-refractivity contribution is 0.0736. The molecule has 0 bridgehead atoms. The number of esters is 1. The van der Waals surface area contributed by atoms with Gasteiger partial charge in [-0.25, -0.2) is 18.6 Å². The third-order valence-corrected chi connectivity index (χ3v) is 5.00. The van der Waals surface area contributed by atoms with Gasteiger partial charge in [-0.2, -0.15) is 5.10 Å². The summed E-state index contributed by atoms with van der Waals surface area (Å²) < 4.78 is 33.5. The van der Waals surface area contributed by atoms with Crippen LogP contribution in [0.2, 0.25) is 0 Å². The first-order valence-corrected chi connectivity index (χ1v) is 10.1. The SMILES string of the molecule is O=C(Oc1cccc2[nH]c(-c3[nH]ncc3NC(=O)c3c(F)cccc3F)nc12)c1ccccc1. The van der Waals surface area contributed by atoms with Gasteiger partial charge in [0.05, 0.1) is 23.0 Å². The molecule has 0 spiro atoms. The predicted molar refractivity (Wildman–Crippen MR) is 119 cm³/mol. The molecule has 168 valence electrons. The molecule has 0 aliphatic heterocycles. The number of benzene rings is 3. The smallest absolute Gasteiger partial charge is 0.343 e. The first-order valence-electron chi connectivity index (χ1n) is 10.1. The van der Waals surface area contributed by atoms with Crippen LogP contribution in [0, 0.1) is 11.6 Å². The van der Waals surface area contributed by atoms with E-state index in [2.05, 4.69) is 25.5 Å². The molecule has 5 rings (SSSR count). The van der Waals surface area contributed by atoms with Gasteiger partial charge in [0, 0.05) is 0 Å². The van der Waals surface area contributed by atoms with Crippen molar-refractivity contribution in [3.8, 4) is 17.3 Å². The van der Waals surface area contributed by atoms with Crippen LogP contribution in [0.4, 0.5) is 14.5 Å². The Morgan fingerprint density at radius 3 is 2.41 bits per heavy atom. The molecule has 0 radical (unpaired) electrons. The van der Waals surface area contributed by atoms with Crippen molar-refractivity contribution in [1.82, 2.24) is 20.2 Å². The first kappa shape index (κ1) is 21.0. The summed E-state index contributed by atoms with van der Waals surface area (Å²) in [5.41, 5.74) is 1.01. The third-order valence-electron chi connectivity index (χ3n) is 5.00. The molecule has 0 saturated carbocycles. The summed E-state index contributed by atoms with van der Waals surface area (Å²) >= 11 is 0. The minimum absolute atomic E-state index is 0.148. The normalized spacial score (nSPS) is 10.9. The van der Waals surface area contributed by atoms with Crippen LogP contribution in [-0.2, 0) is 0 Å². The molecule has 0 aliphatic rings. The van der Waals surface area contributed by atoms with Crippen molar-refractivity contribution in [1.29, 1.82) is 0 Å². The Labute approximate surface area is 190 Å². The van der Waals surface area contributed by atoms with Crippen LogP contribution in [0.15, 0.2) is 72.9 Å². The fraction of sp³-hybridized carbons (Fsp3) is 0. The van der Waals surface area contributed by atoms with Crippen molar-refractivity contribution < 1.29 is 23.1 Å². The topological polar surface area (TPSA) is 113 Å². The van der Waals surface area contributed by atoms with Crippen molar-refractivity contribution in [2.75, 3.05) is 5.32 Å². The summed E-state index contributed by atoms with van der Waals surface area (Å²) in [5.74, 6) is -3.01. The zero-order valence-electron chi connectivity index (χ0n) is 17.3. The maximum atomic E-state index is 14.0. The molecule has 0 saturated heterocycles. The van der Waals surface area contributed by atoms with E-state index in [0.717, 1.165) is 12.1 Å². The van der Waals surface area contributed by atoms with Gasteiger partial charge in [0.25, 0.3) is 5.91 Å². The van der Waals surface area contributed by atoms with E-state index < -0.39 is 29.1 Å². The van der Waals surface area contributed by atoms with E-state index >= 15 is 0 Å². The Hall–Kier alpha value is -4.86. The number of anilines is 1. The highest BCUT2D eigenvalue weighted by Crippen LogP contribution is 2.30. The van der Waals surface area contributed by atoms with Gasteiger partial charge in [-0.15, -0.1) is 0 Å². The molecule has 0 fully saturated rings. The van der Waals surface area contributed by atoms with E-state index in [0.29, 0.717) is 16.6 Å². The monoisotopic (exact) mass is 459 g/mol. The number of fused-ring (bicyclic) bond motifs is 1. The molecule has 10 heteroatoms. The molecular formula is C24H15F2N5O3. The number of halogens is 2. The minimum Gasteiger partial charge on any atom is -0.421 e. The van der Waals surface area contributed by atoms with E-state index in [-0.39, 0.29) is 23.0 Å². The first-order chi connectivity index (χ1) is 16.5. The van der Waals surface area contributed by atoms with Gasteiger partial charge in [-0.3, -0.25) is 9.89 Å². The van der Waals surface area contributed by atoms with Crippen LogP contribution >= 0.6 is 0 Å². The number of nitrogens with one attached hydrogen (secondary N) is 3. The second-order valence-electron chi connectivity index (χ2n) is 7.20. The van der Waals surface area contributed by atoms with E-state index in [4.69, 9.17) is 4.74 Å². The van der Waals surface area contributed by atoms with Gasteiger partial charge < -0.3 is 15.0 Å². The van der Waals surface area contributed by atoms with E-state index in [1.54, 1.807) is 48.5 Å². The van der Waals surface area contributed by atoms with Crippen LogP contribution < -0.4 is 10.1 Å². The van der Waals surface area contributed by atoms with Gasteiger partial charge in [-0.1, -0.05) is 30.3 Å². The Bertz CT molecular complexity index is 1510. The van der Waals surface area contributed by atoms with Crippen molar-refractivity contribution in [3.63, 3.8) is 0 Å². The average Bonchev–Trinajstić information content (AvgIpc) is 3.46. The maximum absolute atomic E-state index is 14.0. The highest BCUT2D eigenvalue weighted by Gasteiger charge is 2.21. The molecule has 0 aliphatic carbocycles. The van der Waals surface area contributed by atoms with Crippen LogP contribution in [0.1, 0.15) is 20.7 Å². The van der Waals surface area contributed by atoms with Crippen LogP contribution in [0.3, 0.4) is 0 Å². The van der Waals surface area contributed by atoms with Gasteiger partial charge in [-0.05, 0) is 36.4 Å². The minimum atomic E-state index is -0.990. The van der Waals surface area contributed by atoms with Crippen molar-refractivity contribution >= 4 is 28.6 Å². The van der Waals surface area contributed by atoms with Crippen molar-refractivity contribution in [3.05, 3.63) is 95.7 Å². The highest BCUT2D eigenvalue weighted by molar-refractivity contribution is 6.06. The summed E-state index contributed by atoms with van der Waals surface area (Å²) in [5, 5.41) is 9.04. The van der Waals surface area contributed by atoms with E-state index in [1.807, 2.05) is 0 Å². The predicted octanol–water partition coefficient (Wildman–Crippen LogP) is 4.70. The molecule has 0 unspecified atom stereocenters. The molecule has 0 atom stereocenters. The Morgan fingerprint density at radius 1 is 0.912 bits per heavy atom. The maximum Gasteiger partial charge on any atom is 0.343 e. The lowest BCUT2D eigenvalue weighted by atomic mass is 10.2. The van der Waals surface area contributed by atoms with Crippen molar-refractivity contribution in [2.24, 2.45) is 0 Å². The second-order valence-corrected chi connectivity index (χ2v) is 7.20. The van der Waals surface area contributed by atoms with Crippen LogP contribution in [0.25, 0.3) is 22.6 Å². The number of H-pyrrole nitrogens is 2. The fourth-order valence-corrected chi connectivity index (χ4v) is 3.40. The molecule has 2 heterocycles. The number of nitrogens with zero attached hydrogens (tertiary/aromatic N) is 2. The molecule has 3 N–H and O–H groups in total. The second kappa shape index (κ2) is 8.58. The summed E-state index contributed by atoms with van der Waals surface area (Å²) in [7, 11) is 0. The van der Waals surface area contributed by atoms with Gasteiger partial charge >= 0.3 is 5.97 Å². The number of para-hydroxylation sites is 1. The van der Waals surface area contributed by atoms with Gasteiger partial charge in [0.2, 0.25) is 0 Å². The lowest BCUT2D eigenvalue weighted by Crippen LogP contribution is -2.16. The molecular weight excluding hydrogens is 444 g/mol. The lowest BCUT2D eigenvalue weighted by Gasteiger charge is -2.06. The number of aromatic nitrogens is 4. The van der Waals surface area contributed by atoms with E-state index in [9.17, 15) is 18.4 Å². The zero-order chi connectivity index (χ0) is 23.7. The number of hydrogen-bond acceptors (Lipinski definition) is 5. The summed E-state index contributed by atoms with van der Waals surface area (Å²) in [6.07, 6.45) is 1.29. The quantitative estimate of drug-likeness (QED) is 0.260. The standard InChI is InChI=1S/C24H15F2N5O3/c25-14-8-4-9-15(26)19(14)23(32)29-17-12-27-31-21(17)22-28-16-10-5-11-18(20(16)30-22)34-24(33)13-6-2-1-3-7-13/h1-12H,(H,27,31)(H,28,30)(H,29,32). The number of imidazole rings is 1. The van der Waals surface area contributed by atoms with Crippen LogP contribution in [0.5, 0.6) is 5.75 Å². The summed E-state index contributed by atoms with van der Waals surface area (Å²) in [6.45, 7) is 0. The average molecular weight is 459 g/mol. The Kier molecular flexibility index (Phi) is 5.30. The fourth-order valence-electron chi connectivity index (χ4n) is 3.40. The zero-order valence-corrected chi connectivity index (χ0v) is 17.3. The number of aromatic amines is 2. The van der Waals surface area contributed by atoms with Gasteiger partial charge in [0.15, 0.2) is 11.6 Å². The Balaban J connectivity index is 1.45. The molecule has 1 amide bonds. The summed E-state index contributed by atoms with van der Waals surface area (Å²) in [4.78, 5) is 32.5. The number of amides is 1. The van der Waals surface area contributed by atoms with Crippen LogP contribution in [-0.4, -0.2) is 32.0 Å². The molecule has 8 nitrogen and oxygen atoms in total. The number of hydrogen-bond donors (Lipinski definition) is 3. The third kappa shape index (κ3) is 3.88. The molecule has 3 aromatic carbocycles. The number of carbonyl (C=O) groups excluding carboxylic acids is 2. The molecule has 34 heavy (non-hydrogen) atoms. The number of ether oxygens (including phenoxy) is 1. The largest absolute Gasteiger partial charge is 0.421 e. The molecule has 2 aromatic heterocycles. The van der Waals surface area contributed by atoms with E-state index in [1.165, 1.54) is 12.3 Å². The van der Waals surface area contributed by atoms with Crippen molar-refractivity contribution in [2.45, 2.75) is 0 Å². The molecule has 5 aromatic rings. The van der Waals surface area contributed by atoms with Gasteiger partial charge in [0.1, 0.15) is 28.4 Å². The number of carbonyl (C=O) groups is 2. The Morgan fingerprint density at radius 2 is 1.65 bits per heavy atom. The number of rotatable bonds is 5.